The zero-order valence-corrected chi connectivity index (χ0v) is 14.7. The van der Waals surface area contributed by atoms with Gasteiger partial charge >= 0.3 is 12.6 Å². The van der Waals surface area contributed by atoms with Crippen molar-refractivity contribution in [2.75, 3.05) is 6.67 Å². The molecule has 2 aromatic rings. The van der Waals surface area contributed by atoms with E-state index in [0.29, 0.717) is 11.1 Å². The summed E-state index contributed by atoms with van der Waals surface area (Å²) in [4.78, 5) is 14.7. The Morgan fingerprint density at radius 2 is 1.69 bits per heavy atom. The Morgan fingerprint density at radius 1 is 1.10 bits per heavy atom. The van der Waals surface area contributed by atoms with E-state index in [9.17, 15) is 36.2 Å². The number of aliphatic hydroxyl groups is 1. The molecule has 0 saturated carbocycles. The number of hydrogen-bond acceptors (Lipinski definition) is 4. The number of rotatable bonds is 7. The van der Waals surface area contributed by atoms with E-state index in [1.165, 1.54) is 36.5 Å². The number of benzene rings is 1. The molecule has 0 aliphatic carbocycles. The molecule has 1 heterocycles. The van der Waals surface area contributed by atoms with Crippen LogP contribution in [0.15, 0.2) is 42.6 Å². The predicted molar refractivity (Wildman–Crippen MR) is 91.5 cm³/mol. The van der Waals surface area contributed by atoms with Gasteiger partial charge in [-0.3, -0.25) is 9.78 Å². The monoisotopic (exact) mass is 421 g/mol. The lowest BCUT2D eigenvalue weighted by atomic mass is 9.99. The Bertz CT molecular complexity index is 812. The summed E-state index contributed by atoms with van der Waals surface area (Å²) < 4.78 is 75.4. The second-order valence-corrected chi connectivity index (χ2v) is 6.13. The molecule has 29 heavy (non-hydrogen) atoms. The number of aromatic nitrogens is 1. The molecule has 11 heteroatoms. The average Bonchev–Trinajstić information content (AvgIpc) is 2.70. The van der Waals surface area contributed by atoms with Crippen LogP contribution < -0.4 is 11.1 Å². The van der Waals surface area contributed by atoms with Crippen molar-refractivity contribution in [3.8, 4) is 11.1 Å². The number of carbonyl (C=O) groups excluding carboxylic acids is 1. The lowest BCUT2D eigenvalue weighted by molar-refractivity contribution is -0.150. The molecule has 0 aliphatic rings. The van der Waals surface area contributed by atoms with E-state index in [1.807, 2.05) is 0 Å². The number of nitrogens with zero attached hydrogens (tertiary/aromatic N) is 1. The van der Waals surface area contributed by atoms with Crippen LogP contribution in [0, 0.1) is 0 Å². The molecule has 1 aromatic carbocycles. The van der Waals surface area contributed by atoms with E-state index in [4.69, 9.17) is 5.73 Å². The fraction of sp³-hybridized carbons (Fsp3) is 0.333. The zero-order chi connectivity index (χ0) is 21.8. The van der Waals surface area contributed by atoms with Gasteiger partial charge in [0.1, 0.15) is 18.8 Å². The minimum absolute atomic E-state index is 0.148. The second kappa shape index (κ2) is 9.23. The summed E-state index contributed by atoms with van der Waals surface area (Å²) in [7, 11) is 0. The third-order valence-electron chi connectivity index (χ3n) is 4.12. The van der Waals surface area contributed by atoms with Gasteiger partial charge in [0.05, 0.1) is 11.7 Å². The van der Waals surface area contributed by atoms with Crippen LogP contribution >= 0.6 is 0 Å². The third kappa shape index (κ3) is 5.67. The highest BCUT2D eigenvalue weighted by Gasteiger charge is 2.38. The molecule has 1 aromatic heterocycles. The van der Waals surface area contributed by atoms with Crippen LogP contribution in [-0.2, 0) is 4.79 Å². The summed E-state index contributed by atoms with van der Waals surface area (Å²) in [5.74, 6) is -1.70. The molecular formula is C18H17F6N3O2. The Morgan fingerprint density at radius 3 is 2.14 bits per heavy atom. The van der Waals surface area contributed by atoms with E-state index < -0.39 is 43.4 Å². The molecule has 1 unspecified atom stereocenters. The summed E-state index contributed by atoms with van der Waals surface area (Å²) in [6, 6.07) is 4.43. The van der Waals surface area contributed by atoms with E-state index >= 15 is 0 Å². The smallest absolute Gasteiger partial charge is 0.386 e. The molecule has 3 atom stereocenters. The molecule has 5 nitrogen and oxygen atoms in total. The van der Waals surface area contributed by atoms with Crippen molar-refractivity contribution < 1.29 is 36.2 Å². The number of pyridine rings is 1. The van der Waals surface area contributed by atoms with Gasteiger partial charge in [-0.05, 0) is 17.2 Å². The van der Waals surface area contributed by atoms with Crippen molar-refractivity contribution >= 4 is 5.91 Å². The van der Waals surface area contributed by atoms with E-state index in [2.05, 4.69) is 4.98 Å². The first-order chi connectivity index (χ1) is 13.5. The maximum Gasteiger partial charge on any atom is 0.409 e. The van der Waals surface area contributed by atoms with E-state index in [-0.39, 0.29) is 11.3 Å². The van der Waals surface area contributed by atoms with Crippen molar-refractivity contribution in [3.05, 3.63) is 53.9 Å². The first kappa shape index (κ1) is 22.6. The third-order valence-corrected chi connectivity index (χ3v) is 4.12. The van der Waals surface area contributed by atoms with Gasteiger partial charge in [-0.1, -0.05) is 30.3 Å². The fourth-order valence-corrected chi connectivity index (χ4v) is 2.48. The van der Waals surface area contributed by atoms with Gasteiger partial charge in [-0.25, -0.2) is 4.39 Å². The number of nitrogens with two attached hydrogens (primary N) is 1. The molecule has 2 rings (SSSR count). The second-order valence-electron chi connectivity index (χ2n) is 6.13. The topological polar surface area (TPSA) is 88.2 Å². The summed E-state index contributed by atoms with van der Waals surface area (Å²) in [6.07, 6.45) is -8.36. The Labute approximate surface area is 161 Å². The molecule has 0 bridgehead atoms. The molecular weight excluding hydrogens is 404 g/mol. The zero-order valence-electron chi connectivity index (χ0n) is 14.7. The first-order valence-corrected chi connectivity index (χ1v) is 8.25. The summed E-state index contributed by atoms with van der Waals surface area (Å²) >= 11 is 0. The average molecular weight is 421 g/mol. The van der Waals surface area contributed by atoms with Crippen molar-refractivity contribution in [2.45, 2.75) is 30.8 Å². The van der Waals surface area contributed by atoms with E-state index in [1.54, 1.807) is 5.32 Å². The number of alkyl halides is 6. The predicted octanol–water partition coefficient (Wildman–Crippen LogP) is 3.06. The molecule has 0 radical (unpaired) electrons. The number of hydrogen-bond donors (Lipinski definition) is 3. The normalized spacial score (nSPS) is 15.1. The van der Waals surface area contributed by atoms with Gasteiger partial charge in [0.25, 0.3) is 5.91 Å². The Balaban J connectivity index is 2.14. The van der Waals surface area contributed by atoms with Gasteiger partial charge in [0.15, 0.2) is 0 Å². The van der Waals surface area contributed by atoms with Crippen molar-refractivity contribution in [1.82, 2.24) is 10.3 Å². The SMILES string of the molecule is NC(c1ccc(-c2ccc([C@@H](O)[C@@H](CF)NC(=O)C(F)F)cc2)cn1)C(F)(F)F. The fourth-order valence-electron chi connectivity index (χ4n) is 2.48. The van der Waals surface area contributed by atoms with Crippen LogP contribution in [-0.4, -0.2) is 41.3 Å². The quantitative estimate of drug-likeness (QED) is 0.600. The van der Waals surface area contributed by atoms with Crippen LogP contribution in [0.5, 0.6) is 0 Å². The summed E-state index contributed by atoms with van der Waals surface area (Å²) in [6.45, 7) is -1.27. The maximum absolute atomic E-state index is 13.0. The number of amides is 1. The van der Waals surface area contributed by atoms with Gasteiger partial charge in [-0.2, -0.15) is 22.0 Å². The van der Waals surface area contributed by atoms with Gasteiger partial charge in [0, 0.05) is 11.8 Å². The number of carbonyl (C=O) groups is 1. The van der Waals surface area contributed by atoms with Crippen LogP contribution in [0.25, 0.3) is 11.1 Å². The molecule has 158 valence electrons. The minimum Gasteiger partial charge on any atom is -0.386 e. The molecule has 4 N–H and O–H groups in total. The molecule has 1 amide bonds. The van der Waals surface area contributed by atoms with Crippen molar-refractivity contribution in [1.29, 1.82) is 0 Å². The standard InChI is InChI=1S/C18H17F6N3O2/c19-7-13(27-17(29)16(20)21)14(28)10-3-1-9(2-4-10)11-5-6-12(26-8-11)15(25)18(22,23)24/h1-6,8,13-16,28H,7,25H2,(H,27,29)/t13-,14-,15?/m1/s1. The van der Waals surface area contributed by atoms with Crippen molar-refractivity contribution in [2.24, 2.45) is 5.73 Å². The lowest BCUT2D eigenvalue weighted by Crippen LogP contribution is -2.43. The van der Waals surface area contributed by atoms with Crippen LogP contribution in [0.3, 0.4) is 0 Å². The summed E-state index contributed by atoms with van der Waals surface area (Å²) in [5, 5.41) is 11.8. The minimum atomic E-state index is -4.63. The van der Waals surface area contributed by atoms with Gasteiger partial charge < -0.3 is 16.2 Å². The molecule has 0 fully saturated rings. The molecule has 0 saturated heterocycles. The van der Waals surface area contributed by atoms with Crippen LogP contribution in [0.2, 0.25) is 0 Å². The highest BCUT2D eigenvalue weighted by molar-refractivity contribution is 5.79. The first-order valence-electron chi connectivity index (χ1n) is 8.25. The Hall–Kier alpha value is -2.66. The largest absolute Gasteiger partial charge is 0.409 e. The number of aliphatic hydroxyl groups excluding tert-OH is 1. The van der Waals surface area contributed by atoms with Crippen LogP contribution in [0.1, 0.15) is 23.4 Å². The lowest BCUT2D eigenvalue weighted by Gasteiger charge is -2.22. The summed E-state index contributed by atoms with van der Waals surface area (Å²) in [5.41, 5.74) is 5.86. The highest BCUT2D eigenvalue weighted by Crippen LogP contribution is 2.30. The van der Waals surface area contributed by atoms with Gasteiger partial charge in [-0.15, -0.1) is 0 Å². The van der Waals surface area contributed by atoms with Crippen molar-refractivity contribution in [3.63, 3.8) is 0 Å². The molecule has 0 aliphatic heterocycles. The Kier molecular flexibility index (Phi) is 7.20. The number of halogens is 6. The number of nitrogens with one attached hydrogen (secondary N) is 1. The van der Waals surface area contributed by atoms with Gasteiger partial charge in [0.2, 0.25) is 0 Å². The molecule has 0 spiro atoms. The maximum atomic E-state index is 13.0. The highest BCUT2D eigenvalue weighted by atomic mass is 19.4. The van der Waals surface area contributed by atoms with E-state index in [0.717, 1.165) is 6.07 Å². The van der Waals surface area contributed by atoms with Crippen LogP contribution in [0.4, 0.5) is 26.3 Å².